The summed E-state index contributed by atoms with van der Waals surface area (Å²) in [6, 6.07) is -9.63. The van der Waals surface area contributed by atoms with E-state index in [0.717, 1.165) is 0 Å². The summed E-state index contributed by atoms with van der Waals surface area (Å²) in [5.41, 5.74) is 16.2. The van der Waals surface area contributed by atoms with Crippen molar-refractivity contribution in [2.75, 3.05) is 19.6 Å². The molecule has 0 aromatic heterocycles. The number of hydrogen-bond donors (Lipinski definition) is 12. The second kappa shape index (κ2) is 31.2. The van der Waals surface area contributed by atoms with Crippen LogP contribution < -0.4 is 59.7 Å². The van der Waals surface area contributed by atoms with Crippen LogP contribution in [0.4, 0.5) is 0 Å². The standard InChI is InChI=1S/C46H83N13O11/c1-11-17-29(38(63)56-35(25(7)12-2)42(67)54-31(18-15-22-51-46(48)49)45(70)59-23-16-19-32(59)40(65)50-14-4)53-44(69)37(27(9)60)58-43(68)36(26(8)13-3)57-41(66)34(24(5)6)55-39(64)30(52-28(10)61)20-21-33(47)62/h24-27,29-32,34-37,60H,11-23H2,1-10H3,(H2,47,62)(H,50,65)(H,52,61)(H,53,69)(H,54,67)(H,55,64)(H,56,63)(H,57,66)(H,58,68)(H4,48,49,51)/t25-,26-,27+,29-,30+,31-,32-,34-,35-,36+,37-/m0/s1. The van der Waals surface area contributed by atoms with Gasteiger partial charge in [-0.05, 0) is 70.1 Å². The fourth-order valence-corrected chi connectivity index (χ4v) is 7.78. The number of aliphatic imine (C=N–C) groups is 1. The number of carbonyl (C=O) groups excluding carboxylic acids is 10. The van der Waals surface area contributed by atoms with Gasteiger partial charge in [-0.3, -0.25) is 52.9 Å². The molecule has 1 heterocycles. The Balaban J connectivity index is 3.38. The summed E-state index contributed by atoms with van der Waals surface area (Å²) in [6.07, 6.45) is 0.813. The summed E-state index contributed by atoms with van der Waals surface area (Å²) in [6.45, 7) is 17.1. The van der Waals surface area contributed by atoms with Crippen molar-refractivity contribution in [1.29, 1.82) is 0 Å². The van der Waals surface area contributed by atoms with Gasteiger partial charge < -0.3 is 69.7 Å². The van der Waals surface area contributed by atoms with E-state index < -0.39 is 125 Å². The summed E-state index contributed by atoms with van der Waals surface area (Å²) < 4.78 is 0. The minimum Gasteiger partial charge on any atom is -0.391 e. The normalized spacial score (nSPS) is 17.6. The van der Waals surface area contributed by atoms with E-state index in [4.69, 9.17) is 17.2 Å². The van der Waals surface area contributed by atoms with Crippen LogP contribution in [0.25, 0.3) is 0 Å². The highest BCUT2D eigenvalue weighted by Gasteiger charge is 2.40. The largest absolute Gasteiger partial charge is 0.391 e. The van der Waals surface area contributed by atoms with Crippen LogP contribution in [0.3, 0.4) is 0 Å². The van der Waals surface area contributed by atoms with Crippen molar-refractivity contribution in [3.05, 3.63) is 0 Å². The molecule has 1 aliphatic rings. The molecule has 0 bridgehead atoms. The predicted molar refractivity (Wildman–Crippen MR) is 261 cm³/mol. The van der Waals surface area contributed by atoms with Gasteiger partial charge in [-0.1, -0.05) is 67.7 Å². The zero-order chi connectivity index (χ0) is 53.4. The molecule has 0 aliphatic carbocycles. The molecule has 0 saturated carbocycles. The summed E-state index contributed by atoms with van der Waals surface area (Å²) in [5, 5.41) is 32.0. The third kappa shape index (κ3) is 20.5. The van der Waals surface area contributed by atoms with Gasteiger partial charge in [0.1, 0.15) is 48.3 Å². The molecule has 24 heteroatoms. The molecule has 0 spiro atoms. The van der Waals surface area contributed by atoms with Crippen molar-refractivity contribution in [2.45, 2.75) is 188 Å². The van der Waals surface area contributed by atoms with Crippen LogP contribution in [0, 0.1) is 17.8 Å². The molecule has 1 fully saturated rings. The van der Waals surface area contributed by atoms with Crippen molar-refractivity contribution in [2.24, 2.45) is 39.9 Å². The van der Waals surface area contributed by atoms with Crippen molar-refractivity contribution in [3.8, 4) is 0 Å². The van der Waals surface area contributed by atoms with E-state index in [1.807, 2.05) is 6.92 Å². The Labute approximate surface area is 412 Å². The van der Waals surface area contributed by atoms with Gasteiger partial charge >= 0.3 is 0 Å². The van der Waals surface area contributed by atoms with Crippen molar-refractivity contribution in [1.82, 2.24) is 47.4 Å². The maximum atomic E-state index is 14.2. The number of aliphatic hydroxyl groups is 1. The number of primary amides is 1. The monoisotopic (exact) mass is 994 g/mol. The van der Waals surface area contributed by atoms with Crippen molar-refractivity contribution >= 4 is 65.0 Å². The van der Waals surface area contributed by atoms with Gasteiger partial charge in [0.25, 0.3) is 0 Å². The van der Waals surface area contributed by atoms with Crippen LogP contribution in [0.5, 0.6) is 0 Å². The summed E-state index contributed by atoms with van der Waals surface area (Å²) in [4.78, 5) is 139. The molecule has 0 radical (unpaired) electrons. The van der Waals surface area contributed by atoms with Crippen molar-refractivity contribution in [3.63, 3.8) is 0 Å². The highest BCUT2D eigenvalue weighted by molar-refractivity contribution is 5.98. The maximum absolute atomic E-state index is 14.2. The smallest absolute Gasteiger partial charge is 0.245 e. The summed E-state index contributed by atoms with van der Waals surface area (Å²) >= 11 is 0. The molecule has 0 aromatic carbocycles. The van der Waals surface area contributed by atoms with Crippen LogP contribution >= 0.6 is 0 Å². The Morgan fingerprint density at radius 2 is 1.11 bits per heavy atom. The van der Waals surface area contributed by atoms with E-state index in [-0.39, 0.29) is 44.1 Å². The number of amides is 10. The van der Waals surface area contributed by atoms with Crippen LogP contribution in [0.15, 0.2) is 4.99 Å². The number of aliphatic hydroxyl groups excluding tert-OH is 1. The van der Waals surface area contributed by atoms with E-state index in [0.29, 0.717) is 51.6 Å². The lowest BCUT2D eigenvalue weighted by atomic mass is 9.95. The highest BCUT2D eigenvalue weighted by atomic mass is 16.3. The first-order chi connectivity index (χ1) is 32.8. The van der Waals surface area contributed by atoms with Crippen molar-refractivity contribution < 1.29 is 53.1 Å². The number of nitrogens with two attached hydrogens (primary N) is 3. The average Bonchev–Trinajstić information content (AvgIpc) is 3.79. The fourth-order valence-electron chi connectivity index (χ4n) is 7.78. The number of hydrogen-bond acceptors (Lipinski definition) is 12. The predicted octanol–water partition coefficient (Wildman–Crippen LogP) is -2.22. The first kappa shape index (κ1) is 61.9. The number of nitrogens with one attached hydrogen (secondary N) is 8. The zero-order valence-electron chi connectivity index (χ0n) is 42.8. The number of carbonyl (C=O) groups is 10. The second-order valence-corrected chi connectivity index (χ2v) is 18.4. The summed E-state index contributed by atoms with van der Waals surface area (Å²) in [5.74, 6) is -8.48. The molecule has 0 unspecified atom stereocenters. The van der Waals surface area contributed by atoms with Gasteiger partial charge in [0.05, 0.1) is 6.10 Å². The molecule has 15 N–H and O–H groups in total. The Bertz CT molecular complexity index is 1830. The first-order valence-corrected chi connectivity index (χ1v) is 24.5. The molecule has 1 aliphatic heterocycles. The van der Waals surface area contributed by atoms with Gasteiger partial charge in [0.2, 0.25) is 59.1 Å². The van der Waals surface area contributed by atoms with Gasteiger partial charge in [-0.15, -0.1) is 0 Å². The lowest BCUT2D eigenvalue weighted by molar-refractivity contribution is -0.142. The number of guanidine groups is 1. The second-order valence-electron chi connectivity index (χ2n) is 18.4. The summed E-state index contributed by atoms with van der Waals surface area (Å²) in [7, 11) is 0. The molecular weight excluding hydrogens is 911 g/mol. The van der Waals surface area contributed by atoms with Crippen LogP contribution in [-0.2, 0) is 47.9 Å². The Morgan fingerprint density at radius 3 is 1.60 bits per heavy atom. The van der Waals surface area contributed by atoms with Gasteiger partial charge in [-0.25, -0.2) is 0 Å². The molecule has 0 aromatic rings. The number of nitrogens with zero attached hydrogens (tertiary/aromatic N) is 2. The molecule has 1 saturated heterocycles. The van der Waals surface area contributed by atoms with Gasteiger partial charge in [-0.2, -0.15) is 0 Å². The maximum Gasteiger partial charge on any atom is 0.245 e. The molecule has 1 rings (SSSR count). The molecule has 10 amide bonds. The average molecular weight is 994 g/mol. The van der Waals surface area contributed by atoms with Crippen LogP contribution in [-0.4, -0.2) is 149 Å². The molecule has 11 atom stereocenters. The third-order valence-electron chi connectivity index (χ3n) is 12.2. The van der Waals surface area contributed by atoms with E-state index in [2.05, 4.69) is 47.5 Å². The fraction of sp³-hybridized carbons (Fsp3) is 0.761. The van der Waals surface area contributed by atoms with Gasteiger partial charge in [0.15, 0.2) is 5.96 Å². The zero-order valence-corrected chi connectivity index (χ0v) is 42.8. The van der Waals surface area contributed by atoms with E-state index in [9.17, 15) is 53.1 Å². The first-order valence-electron chi connectivity index (χ1n) is 24.5. The topological polar surface area (TPSA) is 381 Å². The number of rotatable bonds is 31. The lowest BCUT2D eigenvalue weighted by Crippen LogP contribution is -2.63. The molecule has 24 nitrogen and oxygen atoms in total. The third-order valence-corrected chi connectivity index (χ3v) is 12.2. The minimum atomic E-state index is -1.64. The molecular formula is C46H83N13O11. The quantitative estimate of drug-likeness (QED) is 0.0199. The van der Waals surface area contributed by atoms with E-state index in [1.54, 1.807) is 48.5 Å². The Morgan fingerprint density at radius 1 is 0.629 bits per heavy atom. The minimum absolute atomic E-state index is 0.0775. The van der Waals surface area contributed by atoms with Crippen LogP contribution in [0.2, 0.25) is 0 Å². The Kier molecular flexibility index (Phi) is 27.6. The molecule has 70 heavy (non-hydrogen) atoms. The van der Waals surface area contributed by atoms with E-state index in [1.165, 1.54) is 18.7 Å². The molecule has 398 valence electrons. The lowest BCUT2D eigenvalue weighted by Gasteiger charge is -2.32. The number of likely N-dealkylation sites (N-methyl/N-ethyl adjacent to an activating group) is 1. The number of likely N-dealkylation sites (tertiary alicyclic amines) is 1. The highest BCUT2D eigenvalue weighted by Crippen LogP contribution is 2.21. The van der Waals surface area contributed by atoms with Crippen LogP contribution in [0.1, 0.15) is 133 Å². The van der Waals surface area contributed by atoms with E-state index >= 15 is 0 Å². The Hall–Kier alpha value is -6.07. The van der Waals surface area contributed by atoms with Gasteiger partial charge in [0, 0.05) is 33.0 Å². The SMILES string of the molecule is CCC[C@H](NC(=O)[C@@H](NC(=O)[C@H](NC(=O)[C@@H](NC(=O)[C@@H](CCC(N)=O)NC(C)=O)C(C)C)[C@@H](C)CC)[C@@H](C)O)C(=O)N[C@H](C(=O)N[C@@H](CCCN=C(N)N)C(=O)N1CCC[C@H]1C(=O)NCC)[C@@H](C)CC.